The molecule has 1 rings (SSSR count). The zero-order chi connectivity index (χ0) is 16.9. The zero-order valence-corrected chi connectivity index (χ0v) is 13.5. The fraction of sp³-hybridized carbons (Fsp3) is 0.800. The van der Waals surface area contributed by atoms with Crippen molar-refractivity contribution in [2.45, 2.75) is 58.3 Å². The quantitative estimate of drug-likeness (QED) is 0.761. The number of aliphatic hydroxyl groups excluding tert-OH is 1. The molecule has 124 valence electrons. The molecule has 0 unspecified atom stereocenters. The van der Waals surface area contributed by atoms with E-state index in [-0.39, 0.29) is 19.4 Å². The van der Waals surface area contributed by atoms with E-state index in [0.29, 0.717) is 0 Å². The van der Waals surface area contributed by atoms with Crippen LogP contribution in [-0.4, -0.2) is 41.5 Å². The number of ether oxygens (including phenoxy) is 2. The van der Waals surface area contributed by atoms with Gasteiger partial charge in [0, 0.05) is 6.04 Å². The van der Waals surface area contributed by atoms with Crippen molar-refractivity contribution in [1.82, 2.24) is 5.32 Å². The van der Waals surface area contributed by atoms with Gasteiger partial charge in [0.25, 0.3) is 0 Å². The van der Waals surface area contributed by atoms with Crippen LogP contribution < -0.4 is 5.32 Å². The van der Waals surface area contributed by atoms with E-state index in [2.05, 4.69) is 5.32 Å². The number of esters is 1. The van der Waals surface area contributed by atoms with Gasteiger partial charge in [-0.2, -0.15) is 5.26 Å². The molecule has 0 spiro atoms. The Hall–Kier alpha value is -1.81. The molecule has 0 bridgehead atoms. The summed E-state index contributed by atoms with van der Waals surface area (Å²) in [6.45, 7) is 7.10. The maximum Gasteiger partial charge on any atom is 0.407 e. The van der Waals surface area contributed by atoms with Crippen LogP contribution in [0.15, 0.2) is 0 Å². The predicted molar refractivity (Wildman–Crippen MR) is 77.6 cm³/mol. The lowest BCUT2D eigenvalue weighted by molar-refractivity contribution is -0.152. The highest BCUT2D eigenvalue weighted by molar-refractivity contribution is 5.75. The Kier molecular flexibility index (Phi) is 6.18. The lowest BCUT2D eigenvalue weighted by Crippen LogP contribution is -2.51. The highest BCUT2D eigenvalue weighted by Crippen LogP contribution is 2.30. The highest BCUT2D eigenvalue weighted by Gasteiger charge is 2.42. The molecule has 0 aromatic rings. The summed E-state index contributed by atoms with van der Waals surface area (Å²) >= 11 is 0. The molecule has 1 saturated carbocycles. The van der Waals surface area contributed by atoms with Crippen LogP contribution in [0.1, 0.15) is 40.5 Å². The van der Waals surface area contributed by atoms with Crippen molar-refractivity contribution in [1.29, 1.82) is 5.26 Å². The molecule has 0 aromatic carbocycles. The molecule has 7 heteroatoms. The number of alkyl carbamates (subject to hydrolysis) is 1. The topological polar surface area (TPSA) is 109 Å². The van der Waals surface area contributed by atoms with Crippen LogP contribution in [0, 0.1) is 23.2 Å². The van der Waals surface area contributed by atoms with E-state index in [1.165, 1.54) is 0 Å². The number of carbonyl (C=O) groups is 2. The number of nitrogens with one attached hydrogen (secondary N) is 1. The van der Waals surface area contributed by atoms with Crippen molar-refractivity contribution in [3.63, 3.8) is 0 Å². The molecule has 0 heterocycles. The third-order valence-electron chi connectivity index (χ3n) is 3.41. The Labute approximate surface area is 130 Å². The van der Waals surface area contributed by atoms with E-state index >= 15 is 0 Å². The normalized spacial score (nSPS) is 28.4. The van der Waals surface area contributed by atoms with Crippen LogP contribution in [0.5, 0.6) is 0 Å². The Bertz CT molecular complexity index is 452. The Morgan fingerprint density at radius 2 is 2.00 bits per heavy atom. The molecule has 0 saturated heterocycles. The minimum Gasteiger partial charge on any atom is -0.466 e. The summed E-state index contributed by atoms with van der Waals surface area (Å²) in [6.07, 6.45) is -1.30. The van der Waals surface area contributed by atoms with Crippen molar-refractivity contribution in [2.75, 3.05) is 6.61 Å². The Morgan fingerprint density at radius 3 is 2.50 bits per heavy atom. The van der Waals surface area contributed by atoms with E-state index in [4.69, 9.17) is 14.7 Å². The number of rotatable bonds is 3. The van der Waals surface area contributed by atoms with Crippen molar-refractivity contribution in [2.24, 2.45) is 11.8 Å². The lowest BCUT2D eigenvalue weighted by atomic mass is 9.77. The van der Waals surface area contributed by atoms with Crippen LogP contribution in [0.3, 0.4) is 0 Å². The molecule has 7 nitrogen and oxygen atoms in total. The number of hydrogen-bond acceptors (Lipinski definition) is 6. The molecular weight excluding hydrogens is 288 g/mol. The summed E-state index contributed by atoms with van der Waals surface area (Å²) < 4.78 is 10.2. The van der Waals surface area contributed by atoms with Gasteiger partial charge in [-0.25, -0.2) is 4.79 Å². The first kappa shape index (κ1) is 18.2. The number of amides is 1. The van der Waals surface area contributed by atoms with Crippen molar-refractivity contribution in [3.05, 3.63) is 0 Å². The second kappa shape index (κ2) is 7.45. The van der Waals surface area contributed by atoms with Gasteiger partial charge in [0.2, 0.25) is 0 Å². The lowest BCUT2D eigenvalue weighted by Gasteiger charge is -2.36. The van der Waals surface area contributed by atoms with E-state index in [0.717, 1.165) is 0 Å². The smallest absolute Gasteiger partial charge is 0.407 e. The van der Waals surface area contributed by atoms with E-state index in [1.54, 1.807) is 27.7 Å². The number of nitriles is 1. The molecule has 2 N–H and O–H groups in total. The third kappa shape index (κ3) is 5.19. The van der Waals surface area contributed by atoms with E-state index in [1.807, 2.05) is 6.07 Å². The van der Waals surface area contributed by atoms with Crippen molar-refractivity contribution in [3.8, 4) is 6.07 Å². The van der Waals surface area contributed by atoms with Gasteiger partial charge in [0.1, 0.15) is 5.60 Å². The maximum absolute atomic E-state index is 12.0. The fourth-order valence-electron chi connectivity index (χ4n) is 2.45. The highest BCUT2D eigenvalue weighted by atomic mass is 16.6. The van der Waals surface area contributed by atoms with Crippen LogP contribution in [0.4, 0.5) is 4.79 Å². The first-order valence-corrected chi connectivity index (χ1v) is 7.41. The van der Waals surface area contributed by atoms with E-state index in [9.17, 15) is 14.7 Å². The molecule has 0 aliphatic heterocycles. The second-order valence-electron chi connectivity index (χ2n) is 6.39. The molecule has 22 heavy (non-hydrogen) atoms. The minimum absolute atomic E-state index is 0.0809. The summed E-state index contributed by atoms with van der Waals surface area (Å²) in [4.78, 5) is 23.9. The van der Waals surface area contributed by atoms with Crippen LogP contribution >= 0.6 is 0 Å². The number of carbonyl (C=O) groups excluding carboxylic acids is 2. The standard InChI is InChI=1S/C15H24N2O5/c1-5-21-13(19)10-7-12(18)9(8-16)6-11(10)17-14(20)22-15(2,3)4/h9-12,18H,5-7H2,1-4H3,(H,17,20)/t9-,10-,11+,12+/m1/s1. The molecule has 1 aliphatic rings. The van der Waals surface area contributed by atoms with Crippen molar-refractivity contribution < 1.29 is 24.2 Å². The first-order chi connectivity index (χ1) is 10.2. The molecule has 1 aliphatic carbocycles. The molecule has 1 fully saturated rings. The van der Waals surface area contributed by atoms with Crippen LogP contribution in [0.25, 0.3) is 0 Å². The third-order valence-corrected chi connectivity index (χ3v) is 3.41. The predicted octanol–water partition coefficient (Wildman–Crippen LogP) is 1.35. The fourth-order valence-corrected chi connectivity index (χ4v) is 2.45. The number of nitrogens with zero attached hydrogens (tertiary/aromatic N) is 1. The van der Waals surface area contributed by atoms with Gasteiger partial charge >= 0.3 is 12.1 Å². The van der Waals surface area contributed by atoms with Crippen LogP contribution in [-0.2, 0) is 14.3 Å². The average molecular weight is 312 g/mol. The van der Waals surface area contributed by atoms with Gasteiger partial charge in [-0.05, 0) is 40.5 Å². The second-order valence-corrected chi connectivity index (χ2v) is 6.39. The van der Waals surface area contributed by atoms with Gasteiger partial charge in [-0.3, -0.25) is 4.79 Å². The molecule has 4 atom stereocenters. The molecule has 1 amide bonds. The number of hydrogen-bond donors (Lipinski definition) is 2. The Morgan fingerprint density at radius 1 is 1.36 bits per heavy atom. The summed E-state index contributed by atoms with van der Waals surface area (Å²) in [5, 5.41) is 21.6. The zero-order valence-electron chi connectivity index (χ0n) is 13.5. The maximum atomic E-state index is 12.0. The van der Waals surface area contributed by atoms with Crippen LogP contribution in [0.2, 0.25) is 0 Å². The minimum atomic E-state index is -0.906. The molecule has 0 aromatic heterocycles. The molecule has 0 radical (unpaired) electrons. The average Bonchev–Trinajstić information content (AvgIpc) is 2.38. The Balaban J connectivity index is 2.82. The van der Waals surface area contributed by atoms with Gasteiger partial charge < -0.3 is 19.9 Å². The van der Waals surface area contributed by atoms with E-state index < -0.39 is 41.6 Å². The monoisotopic (exact) mass is 312 g/mol. The molecular formula is C15H24N2O5. The van der Waals surface area contributed by atoms with Gasteiger partial charge in [0.05, 0.1) is 30.6 Å². The summed E-state index contributed by atoms with van der Waals surface area (Å²) in [5.41, 5.74) is -0.660. The summed E-state index contributed by atoms with van der Waals surface area (Å²) in [7, 11) is 0. The van der Waals surface area contributed by atoms with Gasteiger partial charge in [-0.1, -0.05) is 0 Å². The summed E-state index contributed by atoms with van der Waals surface area (Å²) in [5.74, 6) is -1.81. The van der Waals surface area contributed by atoms with Gasteiger partial charge in [0.15, 0.2) is 0 Å². The van der Waals surface area contributed by atoms with Crippen molar-refractivity contribution >= 4 is 12.1 Å². The largest absolute Gasteiger partial charge is 0.466 e. The number of aliphatic hydroxyl groups is 1. The van der Waals surface area contributed by atoms with Gasteiger partial charge in [-0.15, -0.1) is 0 Å². The summed E-state index contributed by atoms with van der Waals surface area (Å²) in [6, 6.07) is 1.41. The first-order valence-electron chi connectivity index (χ1n) is 7.41. The SMILES string of the molecule is CCOC(=O)[C@@H]1C[C@H](O)[C@@H](C#N)C[C@@H]1NC(=O)OC(C)(C)C.